The lowest BCUT2D eigenvalue weighted by Gasteiger charge is -2.42. The van der Waals surface area contributed by atoms with Crippen LogP contribution in [0.2, 0.25) is 0 Å². The Morgan fingerprint density at radius 1 is 1.23 bits per heavy atom. The van der Waals surface area contributed by atoms with Gasteiger partial charge >= 0.3 is 0 Å². The molecule has 1 fully saturated rings. The maximum absolute atomic E-state index is 12.7. The lowest BCUT2D eigenvalue weighted by atomic mass is 10.1. The zero-order chi connectivity index (χ0) is 18.3. The maximum atomic E-state index is 12.7. The van der Waals surface area contributed by atoms with Crippen molar-refractivity contribution in [2.24, 2.45) is 0 Å². The van der Waals surface area contributed by atoms with Crippen LogP contribution in [0.4, 0.5) is 0 Å². The molecule has 1 aliphatic heterocycles. The minimum absolute atomic E-state index is 0.0817. The lowest BCUT2D eigenvalue weighted by molar-refractivity contribution is -0.137. The fourth-order valence-electron chi connectivity index (χ4n) is 3.33. The summed E-state index contributed by atoms with van der Waals surface area (Å²) in [5, 5.41) is 9.17. The van der Waals surface area contributed by atoms with Crippen LogP contribution in [0.15, 0.2) is 30.5 Å². The molecule has 2 unspecified atom stereocenters. The van der Waals surface area contributed by atoms with Crippen molar-refractivity contribution in [2.75, 3.05) is 20.1 Å². The molecule has 1 amide bonds. The van der Waals surface area contributed by atoms with Crippen molar-refractivity contribution in [3.63, 3.8) is 0 Å². The first kappa shape index (κ1) is 17.1. The molecule has 1 saturated heterocycles. The van der Waals surface area contributed by atoms with Crippen LogP contribution in [-0.4, -0.2) is 67.9 Å². The van der Waals surface area contributed by atoms with Gasteiger partial charge < -0.3 is 4.90 Å². The van der Waals surface area contributed by atoms with E-state index in [1.54, 1.807) is 22.2 Å². The number of piperazine rings is 1. The number of amides is 1. The molecule has 1 aromatic carbocycles. The normalized spacial score (nSPS) is 21.4. The van der Waals surface area contributed by atoms with Gasteiger partial charge in [0, 0.05) is 25.2 Å². The number of aromatic nitrogens is 4. The number of likely N-dealkylation sites (N-methyl/N-ethyl adjacent to an activating group) is 1. The molecule has 8 heteroatoms. The van der Waals surface area contributed by atoms with Crippen molar-refractivity contribution in [1.82, 2.24) is 29.8 Å². The second-order valence-corrected chi connectivity index (χ2v) is 8.00. The van der Waals surface area contributed by atoms with E-state index >= 15 is 0 Å². The zero-order valence-corrected chi connectivity index (χ0v) is 16.0. The van der Waals surface area contributed by atoms with Gasteiger partial charge in [-0.15, -0.1) is 16.4 Å². The van der Waals surface area contributed by atoms with Crippen LogP contribution in [0.5, 0.6) is 0 Å². The number of fused-ring (bicyclic) bond motifs is 1. The van der Waals surface area contributed by atoms with Crippen LogP contribution in [0, 0.1) is 0 Å². The van der Waals surface area contributed by atoms with Gasteiger partial charge in [0.25, 0.3) is 0 Å². The van der Waals surface area contributed by atoms with Crippen molar-refractivity contribution < 1.29 is 4.79 Å². The number of para-hydroxylation sites is 1. The first-order chi connectivity index (χ1) is 12.5. The Bertz CT molecular complexity index is 902. The van der Waals surface area contributed by atoms with Crippen LogP contribution in [0.3, 0.4) is 0 Å². The molecular formula is C18H22N6OS. The average molecular weight is 370 g/mol. The van der Waals surface area contributed by atoms with Crippen molar-refractivity contribution in [2.45, 2.75) is 32.5 Å². The van der Waals surface area contributed by atoms with Gasteiger partial charge in [0.05, 0.1) is 16.4 Å². The highest BCUT2D eigenvalue weighted by atomic mass is 32.1. The third kappa shape index (κ3) is 3.22. The van der Waals surface area contributed by atoms with Crippen LogP contribution in [0.25, 0.3) is 20.9 Å². The van der Waals surface area contributed by atoms with E-state index in [0.29, 0.717) is 11.7 Å². The second-order valence-electron chi connectivity index (χ2n) is 6.97. The zero-order valence-electron chi connectivity index (χ0n) is 15.2. The van der Waals surface area contributed by atoms with E-state index in [2.05, 4.69) is 41.1 Å². The molecule has 1 aliphatic rings. The van der Waals surface area contributed by atoms with Gasteiger partial charge in [0.15, 0.2) is 0 Å². The summed E-state index contributed by atoms with van der Waals surface area (Å²) in [4.78, 5) is 21.6. The molecule has 26 heavy (non-hydrogen) atoms. The number of carbonyl (C=O) groups is 1. The van der Waals surface area contributed by atoms with Gasteiger partial charge in [-0.2, -0.15) is 0 Å². The molecular weight excluding hydrogens is 348 g/mol. The molecule has 2 atom stereocenters. The lowest BCUT2D eigenvalue weighted by Crippen LogP contribution is -2.57. The fourth-order valence-corrected chi connectivity index (χ4v) is 4.25. The number of thiazole rings is 1. The molecule has 0 saturated carbocycles. The highest BCUT2D eigenvalue weighted by Crippen LogP contribution is 2.28. The van der Waals surface area contributed by atoms with Crippen LogP contribution in [0.1, 0.15) is 13.8 Å². The number of hydrogen-bond donors (Lipinski definition) is 0. The monoisotopic (exact) mass is 370 g/mol. The first-order valence-electron chi connectivity index (χ1n) is 8.77. The molecule has 0 radical (unpaired) electrons. The van der Waals surface area contributed by atoms with Gasteiger partial charge in [0.1, 0.15) is 17.2 Å². The summed E-state index contributed by atoms with van der Waals surface area (Å²) in [5.41, 5.74) is 1.66. The van der Waals surface area contributed by atoms with Gasteiger partial charge in [0.2, 0.25) is 5.91 Å². The van der Waals surface area contributed by atoms with Gasteiger partial charge in [-0.1, -0.05) is 17.3 Å². The topological polar surface area (TPSA) is 67.2 Å². The van der Waals surface area contributed by atoms with Crippen LogP contribution >= 0.6 is 11.3 Å². The summed E-state index contributed by atoms with van der Waals surface area (Å²) in [6.07, 6.45) is 1.81. The first-order valence-corrected chi connectivity index (χ1v) is 9.58. The Morgan fingerprint density at radius 2 is 2.04 bits per heavy atom. The Balaban J connectivity index is 1.49. The summed E-state index contributed by atoms with van der Waals surface area (Å²) >= 11 is 1.58. The average Bonchev–Trinajstić information content (AvgIpc) is 3.24. The largest absolute Gasteiger partial charge is 0.336 e. The molecule has 3 heterocycles. The fraction of sp³-hybridized carbons (Fsp3) is 0.444. The number of carbonyl (C=O) groups excluding carboxylic acids is 1. The summed E-state index contributed by atoms with van der Waals surface area (Å²) < 4.78 is 2.73. The highest BCUT2D eigenvalue weighted by Gasteiger charge is 2.30. The number of rotatable bonds is 3. The maximum Gasteiger partial charge on any atom is 0.244 e. The number of hydrogen-bond acceptors (Lipinski definition) is 6. The molecule has 0 bridgehead atoms. The van der Waals surface area contributed by atoms with Crippen molar-refractivity contribution in [1.29, 1.82) is 0 Å². The highest BCUT2D eigenvalue weighted by molar-refractivity contribution is 7.21. The molecule has 7 nitrogen and oxygen atoms in total. The predicted octanol–water partition coefficient (Wildman–Crippen LogP) is 2.11. The minimum atomic E-state index is 0.0817. The standard InChI is InChI=1S/C18H22N6OS/c1-12-9-24(13(2)8-22(12)3)17(25)11-23-10-15(20-21-23)18-19-14-6-4-5-7-16(14)26-18/h4-7,10,12-13H,8-9,11H2,1-3H3. The van der Waals surface area contributed by atoms with E-state index in [9.17, 15) is 4.79 Å². The Hall–Kier alpha value is -2.32. The second kappa shape index (κ2) is 6.77. The number of nitrogens with zero attached hydrogens (tertiary/aromatic N) is 6. The molecule has 0 aliphatic carbocycles. The molecule has 4 rings (SSSR count). The molecule has 136 valence electrons. The molecule has 0 N–H and O–H groups in total. The van der Waals surface area contributed by atoms with E-state index in [1.807, 2.05) is 29.2 Å². The summed E-state index contributed by atoms with van der Waals surface area (Å²) in [6, 6.07) is 8.57. The minimum Gasteiger partial charge on any atom is -0.336 e. The number of benzene rings is 1. The van der Waals surface area contributed by atoms with Crippen molar-refractivity contribution in [3.8, 4) is 10.7 Å². The molecule has 0 spiro atoms. The quantitative estimate of drug-likeness (QED) is 0.706. The van der Waals surface area contributed by atoms with E-state index in [4.69, 9.17) is 0 Å². The molecule has 2 aromatic heterocycles. The van der Waals surface area contributed by atoms with E-state index < -0.39 is 0 Å². The third-order valence-electron chi connectivity index (χ3n) is 4.97. The summed E-state index contributed by atoms with van der Waals surface area (Å²) in [7, 11) is 2.10. The van der Waals surface area contributed by atoms with E-state index in [1.165, 1.54) is 0 Å². The van der Waals surface area contributed by atoms with Gasteiger partial charge in [-0.25, -0.2) is 9.67 Å². The predicted molar refractivity (Wildman–Crippen MR) is 102 cm³/mol. The van der Waals surface area contributed by atoms with E-state index in [-0.39, 0.29) is 18.5 Å². The van der Waals surface area contributed by atoms with Crippen LogP contribution in [-0.2, 0) is 11.3 Å². The van der Waals surface area contributed by atoms with Gasteiger partial charge in [-0.3, -0.25) is 9.69 Å². The van der Waals surface area contributed by atoms with Crippen LogP contribution < -0.4 is 0 Å². The molecule has 3 aromatic rings. The van der Waals surface area contributed by atoms with Crippen molar-refractivity contribution in [3.05, 3.63) is 30.5 Å². The van der Waals surface area contributed by atoms with E-state index in [0.717, 1.165) is 28.3 Å². The van der Waals surface area contributed by atoms with Gasteiger partial charge in [-0.05, 0) is 33.0 Å². The Labute approximate surface area is 156 Å². The smallest absolute Gasteiger partial charge is 0.244 e. The van der Waals surface area contributed by atoms with Crippen molar-refractivity contribution >= 4 is 27.5 Å². The summed E-state index contributed by atoms with van der Waals surface area (Å²) in [6.45, 7) is 6.08. The summed E-state index contributed by atoms with van der Waals surface area (Å²) in [5.74, 6) is 0.0817. The Morgan fingerprint density at radius 3 is 2.85 bits per heavy atom. The third-order valence-corrected chi connectivity index (χ3v) is 6.03. The SMILES string of the molecule is CC1CN(C(=O)Cn2cc(-c3nc4ccccc4s3)nn2)C(C)CN1C. The Kier molecular flexibility index (Phi) is 4.46.